The molecule has 0 aliphatic carbocycles. The summed E-state index contributed by atoms with van der Waals surface area (Å²) in [6.45, 7) is 4.52. The van der Waals surface area contributed by atoms with Crippen LogP contribution < -0.4 is 0 Å². The average Bonchev–Trinajstić information content (AvgIpc) is 3.38. The highest BCUT2D eigenvalue weighted by Gasteiger charge is 2.25. The molecule has 0 aliphatic rings. The van der Waals surface area contributed by atoms with Crippen molar-refractivity contribution >= 4 is 17.9 Å². The van der Waals surface area contributed by atoms with Crippen LogP contribution in [0.15, 0.2) is 170 Å². The minimum absolute atomic E-state index is 0.166. The topological polar surface area (TPSA) is 108 Å². The minimum Gasteiger partial charge on any atom is -0.477 e. The molecular formula is C66H102NO8+. The van der Waals surface area contributed by atoms with Crippen molar-refractivity contribution in [2.24, 2.45) is 0 Å². The number of likely N-dealkylation sites (N-methyl/N-ethyl adjacent to an activating group) is 1. The molecule has 2 atom stereocenters. The van der Waals surface area contributed by atoms with E-state index >= 15 is 0 Å². The van der Waals surface area contributed by atoms with Crippen LogP contribution in [0, 0.1) is 0 Å². The molecule has 0 radical (unpaired) electrons. The van der Waals surface area contributed by atoms with Crippen molar-refractivity contribution in [2.45, 2.75) is 180 Å². The van der Waals surface area contributed by atoms with Crippen LogP contribution in [0.1, 0.15) is 168 Å². The Kier molecular flexibility index (Phi) is 51.0. The van der Waals surface area contributed by atoms with Gasteiger partial charge < -0.3 is 28.5 Å². The summed E-state index contributed by atoms with van der Waals surface area (Å²) < 4.78 is 22.7. The Morgan fingerprint density at radius 2 is 0.720 bits per heavy atom. The number of hydrogen-bond acceptors (Lipinski definition) is 7. The number of aliphatic carboxylic acids is 1. The number of hydrogen-bond donors (Lipinski definition) is 1. The maximum absolute atomic E-state index is 12.8. The Morgan fingerprint density at radius 1 is 0.400 bits per heavy atom. The van der Waals surface area contributed by atoms with Crippen molar-refractivity contribution in [3.05, 3.63) is 170 Å². The number of carbonyl (C=O) groups excluding carboxylic acids is 2. The number of quaternary nitrogens is 1. The number of ether oxygens (including phenoxy) is 4. The van der Waals surface area contributed by atoms with E-state index < -0.39 is 30.3 Å². The molecule has 0 saturated carbocycles. The Bertz CT molecular complexity index is 1830. The van der Waals surface area contributed by atoms with E-state index in [-0.39, 0.29) is 32.7 Å². The zero-order chi connectivity index (χ0) is 54.8. The third-order valence-corrected chi connectivity index (χ3v) is 11.0. The minimum atomic E-state index is -1.54. The van der Waals surface area contributed by atoms with Gasteiger partial charge in [0.15, 0.2) is 6.10 Å². The van der Waals surface area contributed by atoms with Gasteiger partial charge in [-0.1, -0.05) is 197 Å². The van der Waals surface area contributed by atoms with Crippen molar-refractivity contribution in [1.82, 2.24) is 0 Å². The molecule has 0 spiro atoms. The first-order chi connectivity index (χ1) is 36.6. The fourth-order valence-corrected chi connectivity index (χ4v) is 6.68. The van der Waals surface area contributed by atoms with Gasteiger partial charge in [-0.25, -0.2) is 4.79 Å². The summed E-state index contributed by atoms with van der Waals surface area (Å²) in [5.74, 6) is -2.12. The zero-order valence-electron chi connectivity index (χ0n) is 47.4. The van der Waals surface area contributed by atoms with Gasteiger partial charge >= 0.3 is 17.9 Å². The van der Waals surface area contributed by atoms with Gasteiger partial charge in [0, 0.05) is 12.8 Å². The summed E-state index contributed by atoms with van der Waals surface area (Å²) in [5.41, 5.74) is 0. The first-order valence-corrected chi connectivity index (χ1v) is 28.3. The van der Waals surface area contributed by atoms with Crippen LogP contribution in [-0.4, -0.2) is 87.4 Å². The lowest BCUT2D eigenvalue weighted by Gasteiger charge is -2.25. The molecule has 0 bridgehead atoms. The van der Waals surface area contributed by atoms with Crippen molar-refractivity contribution in [2.75, 3.05) is 47.5 Å². The molecule has 75 heavy (non-hydrogen) atoms. The highest BCUT2D eigenvalue weighted by molar-refractivity contribution is 5.71. The summed E-state index contributed by atoms with van der Waals surface area (Å²) in [5, 5.41) is 9.67. The average molecular weight is 1040 g/mol. The smallest absolute Gasteiger partial charge is 0.361 e. The number of carbonyl (C=O) groups is 3. The Morgan fingerprint density at radius 3 is 1.04 bits per heavy atom. The number of allylic oxidation sites excluding steroid dienone is 28. The maximum Gasteiger partial charge on any atom is 0.361 e. The predicted octanol–water partition coefficient (Wildman–Crippen LogP) is 16.8. The summed E-state index contributed by atoms with van der Waals surface area (Å²) in [7, 11) is 5.92. The van der Waals surface area contributed by atoms with Crippen LogP contribution in [0.4, 0.5) is 0 Å². The second-order valence-electron chi connectivity index (χ2n) is 19.1. The van der Waals surface area contributed by atoms with E-state index in [0.29, 0.717) is 23.9 Å². The van der Waals surface area contributed by atoms with Crippen LogP contribution in [0.25, 0.3) is 0 Å². The van der Waals surface area contributed by atoms with Gasteiger partial charge in [-0.2, -0.15) is 0 Å². The van der Waals surface area contributed by atoms with E-state index in [1.807, 2.05) is 21.1 Å². The number of esters is 2. The lowest BCUT2D eigenvalue weighted by atomic mass is 10.1. The summed E-state index contributed by atoms with van der Waals surface area (Å²) >= 11 is 0. The van der Waals surface area contributed by atoms with E-state index in [9.17, 15) is 19.5 Å². The van der Waals surface area contributed by atoms with Gasteiger partial charge in [0.2, 0.25) is 0 Å². The fraction of sp³-hybridized carbons (Fsp3) is 0.530. The van der Waals surface area contributed by atoms with E-state index in [0.717, 1.165) is 128 Å². The standard InChI is InChI=1S/C66H101NO8/c1-6-8-10-12-14-16-18-20-21-22-23-24-25-26-27-28-29-30-31-32-33-34-35-36-37-38-39-40-41-42-43-45-47-49-51-53-55-57-64(69)75-62(61-74-66(65(70)71)72-59-58-67(3,4)5)60-73-63(68)56-54-52-50-48-46-44-19-17-15-13-11-9-7-2/h8-11,14-17,20-21,23-24,26-27,29-30,32-33,35-36,38-39,41-42,44-47,62,66H,6-7,12-13,18-19,22,25,28,31,34,37,40,43,48-61H2,1-5H3/p+1/b10-8-,11-9-,16-14-,17-15-,21-20-,24-23-,27-26-,30-29-,33-32-,36-35-,39-38-,42-41-,46-44-,47-45-. The molecule has 1 N–H and O–H groups in total. The number of unbranched alkanes of at least 4 members (excludes halogenated alkanes) is 6. The molecular weight excluding hydrogens is 935 g/mol. The normalized spacial score (nSPS) is 14.1. The lowest BCUT2D eigenvalue weighted by Crippen LogP contribution is -2.40. The van der Waals surface area contributed by atoms with E-state index in [2.05, 4.69) is 184 Å². The largest absolute Gasteiger partial charge is 0.477 e. The summed E-state index contributed by atoms with van der Waals surface area (Å²) in [6.07, 6.45) is 80.2. The van der Waals surface area contributed by atoms with E-state index in [1.165, 1.54) is 0 Å². The molecule has 0 saturated heterocycles. The van der Waals surface area contributed by atoms with E-state index in [4.69, 9.17) is 18.9 Å². The predicted molar refractivity (Wildman–Crippen MR) is 317 cm³/mol. The number of carboxylic acid groups (broad SMARTS) is 1. The molecule has 0 aromatic carbocycles. The number of nitrogens with zero attached hydrogens (tertiary/aromatic N) is 1. The molecule has 0 aromatic rings. The maximum atomic E-state index is 12.8. The molecule has 0 aliphatic heterocycles. The van der Waals surface area contributed by atoms with Crippen LogP contribution >= 0.6 is 0 Å². The van der Waals surface area contributed by atoms with Crippen molar-refractivity contribution < 1.29 is 42.9 Å². The lowest BCUT2D eigenvalue weighted by molar-refractivity contribution is -0.870. The van der Waals surface area contributed by atoms with Crippen LogP contribution in [-0.2, 0) is 33.3 Å². The molecule has 418 valence electrons. The number of carboxylic acids is 1. The van der Waals surface area contributed by atoms with Crippen molar-refractivity contribution in [3.63, 3.8) is 0 Å². The highest BCUT2D eigenvalue weighted by atomic mass is 16.7. The molecule has 0 rings (SSSR count). The second-order valence-corrected chi connectivity index (χ2v) is 19.1. The SMILES string of the molecule is CC/C=C\C/C=C\C/C=C\C/C=C\C/C=C\C/C=C\C/C=C\C/C=C\C/C=C\C/C=C\C/C=C\CCCCCC(=O)OC(COC(=O)CCCCC/C=C\C/C=C\C/C=C\CC)COC(OCC[N+](C)(C)C)C(=O)O. The summed E-state index contributed by atoms with van der Waals surface area (Å²) in [6, 6.07) is 0. The molecule has 9 heteroatoms. The molecule has 0 amide bonds. The van der Waals surface area contributed by atoms with Gasteiger partial charge in [0.1, 0.15) is 13.2 Å². The summed E-state index contributed by atoms with van der Waals surface area (Å²) in [4.78, 5) is 37.3. The first-order valence-electron chi connectivity index (χ1n) is 28.3. The second kappa shape index (κ2) is 54.9. The van der Waals surface area contributed by atoms with Crippen LogP contribution in [0.5, 0.6) is 0 Å². The third-order valence-electron chi connectivity index (χ3n) is 11.0. The first kappa shape index (κ1) is 69.7. The molecule has 9 nitrogen and oxygen atoms in total. The van der Waals surface area contributed by atoms with Gasteiger partial charge in [0.05, 0.1) is 34.4 Å². The van der Waals surface area contributed by atoms with Crippen LogP contribution in [0.3, 0.4) is 0 Å². The Labute approximate surface area is 457 Å². The quantitative estimate of drug-likeness (QED) is 0.0211. The third kappa shape index (κ3) is 56.2. The van der Waals surface area contributed by atoms with Crippen molar-refractivity contribution in [3.8, 4) is 0 Å². The zero-order valence-corrected chi connectivity index (χ0v) is 47.4. The monoisotopic (exact) mass is 1040 g/mol. The Hall–Kier alpha value is -5.35. The Balaban J connectivity index is 4.33. The van der Waals surface area contributed by atoms with Gasteiger partial charge in [-0.3, -0.25) is 9.59 Å². The number of rotatable bonds is 49. The molecule has 0 fully saturated rings. The van der Waals surface area contributed by atoms with Gasteiger partial charge in [-0.15, -0.1) is 0 Å². The van der Waals surface area contributed by atoms with Gasteiger partial charge in [0.25, 0.3) is 6.29 Å². The van der Waals surface area contributed by atoms with E-state index in [1.54, 1.807) is 0 Å². The van der Waals surface area contributed by atoms with Gasteiger partial charge in [-0.05, 0) is 128 Å². The molecule has 0 heterocycles. The highest BCUT2D eigenvalue weighted by Crippen LogP contribution is 2.11. The van der Waals surface area contributed by atoms with Crippen LogP contribution in [0.2, 0.25) is 0 Å². The molecule has 0 aromatic heterocycles. The fourth-order valence-electron chi connectivity index (χ4n) is 6.68. The van der Waals surface area contributed by atoms with Crippen molar-refractivity contribution in [1.29, 1.82) is 0 Å². The molecule has 2 unspecified atom stereocenters.